The van der Waals surface area contributed by atoms with E-state index < -0.39 is 47.5 Å². The predicted octanol–water partition coefficient (Wildman–Crippen LogP) is 0.642. The lowest BCUT2D eigenvalue weighted by Crippen LogP contribution is -2.57. The largest absolute Gasteiger partial charge is 0.465 e. The Labute approximate surface area is 213 Å². The molecule has 1 aromatic carbocycles. The summed E-state index contributed by atoms with van der Waals surface area (Å²) >= 11 is 0. The molecule has 2 saturated heterocycles. The van der Waals surface area contributed by atoms with Crippen molar-refractivity contribution in [2.75, 3.05) is 19.8 Å². The monoisotopic (exact) mass is 507 g/mol. The highest BCUT2D eigenvalue weighted by atomic mass is 16.6. The second-order valence-electron chi connectivity index (χ2n) is 10.0. The number of aliphatic hydroxyl groups is 1. The van der Waals surface area contributed by atoms with Crippen LogP contribution in [0, 0.1) is 11.8 Å². The third kappa shape index (κ3) is 3.59. The third-order valence-electron chi connectivity index (χ3n) is 7.84. The summed E-state index contributed by atoms with van der Waals surface area (Å²) in [5, 5.41) is 18.4. The first-order valence-electron chi connectivity index (χ1n) is 12.6. The van der Waals surface area contributed by atoms with Gasteiger partial charge in [0.25, 0.3) is 5.91 Å². The summed E-state index contributed by atoms with van der Waals surface area (Å²) in [6.07, 6.45) is 8.04. The van der Waals surface area contributed by atoms with E-state index in [-0.39, 0.29) is 32.3 Å². The molecule has 4 aliphatic heterocycles. The SMILES string of the molecule is C[C@H](CO)N1C(=O)[C@@H]2[C@@H]3C(=O)OCCC/C=C\[C@@H]3O[C@@]23C=CCN(Cn2nnc4ccccc42)C(=O)C13. The highest BCUT2D eigenvalue weighted by Gasteiger charge is 2.72. The van der Waals surface area contributed by atoms with Crippen LogP contribution in [0.25, 0.3) is 11.0 Å². The van der Waals surface area contributed by atoms with Crippen molar-refractivity contribution in [2.45, 2.75) is 50.2 Å². The Hall–Kier alpha value is -3.57. The molecule has 11 heteroatoms. The first-order chi connectivity index (χ1) is 18.0. The van der Waals surface area contributed by atoms with E-state index in [9.17, 15) is 19.5 Å². The van der Waals surface area contributed by atoms with Crippen molar-refractivity contribution >= 4 is 28.8 Å². The Morgan fingerprint density at radius 1 is 1.19 bits per heavy atom. The molecule has 1 unspecified atom stereocenters. The maximum absolute atomic E-state index is 14.2. The van der Waals surface area contributed by atoms with Crippen LogP contribution < -0.4 is 0 Å². The molecule has 1 spiro atoms. The molecule has 2 amide bonds. The van der Waals surface area contributed by atoms with Gasteiger partial charge in [-0.2, -0.15) is 0 Å². The Bertz CT molecular complexity index is 1310. The van der Waals surface area contributed by atoms with E-state index in [1.807, 2.05) is 42.5 Å². The minimum absolute atomic E-state index is 0.116. The summed E-state index contributed by atoms with van der Waals surface area (Å²) in [5.41, 5.74) is 0.119. The standard InChI is InChI=1S/C26H29N5O6/c1-16(14-32)31-22-24(34)29(15-30-18-9-5-4-8-17(18)27-28-30)12-7-11-26(22)21(23(31)33)20-19(37-26)10-3-2-6-13-36-25(20)35/h3-5,7-11,16,19-22,32H,2,6,12-15H2,1H3/b10-3-/t16-,19+,20-,21+,22?,26+/m1/s1. The number of hydrogen-bond donors (Lipinski definition) is 1. The zero-order valence-electron chi connectivity index (χ0n) is 20.5. The van der Waals surface area contributed by atoms with Gasteiger partial charge in [-0.25, -0.2) is 4.68 Å². The van der Waals surface area contributed by atoms with Gasteiger partial charge < -0.3 is 24.4 Å². The van der Waals surface area contributed by atoms with Crippen LogP contribution in [0.4, 0.5) is 0 Å². The Morgan fingerprint density at radius 3 is 2.86 bits per heavy atom. The highest BCUT2D eigenvalue weighted by molar-refractivity contribution is 5.99. The molecular formula is C26H29N5O6. The van der Waals surface area contributed by atoms with Gasteiger partial charge in [0.1, 0.15) is 29.7 Å². The van der Waals surface area contributed by atoms with E-state index in [4.69, 9.17) is 9.47 Å². The fourth-order valence-electron chi connectivity index (χ4n) is 6.11. The molecule has 6 atom stereocenters. The van der Waals surface area contributed by atoms with Crippen molar-refractivity contribution in [2.24, 2.45) is 11.8 Å². The number of cyclic esters (lactones) is 1. The van der Waals surface area contributed by atoms with Crippen LogP contribution in [0.5, 0.6) is 0 Å². The minimum Gasteiger partial charge on any atom is -0.465 e. The number of fused-ring (bicyclic) bond motifs is 3. The van der Waals surface area contributed by atoms with Gasteiger partial charge in [-0.15, -0.1) is 5.10 Å². The second kappa shape index (κ2) is 9.07. The zero-order chi connectivity index (χ0) is 25.7. The Morgan fingerprint density at radius 2 is 2.03 bits per heavy atom. The van der Waals surface area contributed by atoms with Crippen LogP contribution in [0.3, 0.4) is 0 Å². The number of allylic oxidation sites excluding steroid dienone is 1. The van der Waals surface area contributed by atoms with Crippen LogP contribution in [0.1, 0.15) is 19.8 Å². The molecule has 4 aliphatic rings. The molecule has 5 heterocycles. The summed E-state index contributed by atoms with van der Waals surface area (Å²) in [6.45, 7) is 1.98. The topological polar surface area (TPSA) is 127 Å². The number of aromatic nitrogens is 3. The quantitative estimate of drug-likeness (QED) is 0.472. The van der Waals surface area contributed by atoms with Crippen LogP contribution in [-0.4, -0.2) is 91.2 Å². The van der Waals surface area contributed by atoms with Gasteiger partial charge in [0, 0.05) is 6.54 Å². The normalized spacial score (nSPS) is 33.2. The summed E-state index contributed by atoms with van der Waals surface area (Å²) in [7, 11) is 0. The smallest absolute Gasteiger partial charge is 0.312 e. The van der Waals surface area contributed by atoms with Crippen LogP contribution in [-0.2, 0) is 30.5 Å². The molecule has 11 nitrogen and oxygen atoms in total. The summed E-state index contributed by atoms with van der Waals surface area (Å²) < 4.78 is 13.7. The van der Waals surface area contributed by atoms with Gasteiger partial charge in [-0.1, -0.05) is 41.7 Å². The maximum Gasteiger partial charge on any atom is 0.312 e. The molecular weight excluding hydrogens is 478 g/mol. The Balaban J connectivity index is 1.42. The van der Waals surface area contributed by atoms with Crippen molar-refractivity contribution < 1.29 is 29.0 Å². The van der Waals surface area contributed by atoms with E-state index in [1.54, 1.807) is 22.6 Å². The van der Waals surface area contributed by atoms with Crippen molar-refractivity contribution in [1.29, 1.82) is 0 Å². The average Bonchev–Trinajstić information content (AvgIpc) is 3.51. The number of carbonyl (C=O) groups is 3. The number of rotatable bonds is 4. The van der Waals surface area contributed by atoms with E-state index in [1.165, 1.54) is 4.90 Å². The maximum atomic E-state index is 14.2. The Kier molecular flexibility index (Phi) is 5.84. The summed E-state index contributed by atoms with van der Waals surface area (Å²) in [5.74, 6) is -3.07. The summed E-state index contributed by atoms with van der Waals surface area (Å²) in [6, 6.07) is 5.75. The first kappa shape index (κ1) is 23.8. The van der Waals surface area contributed by atoms with E-state index in [0.29, 0.717) is 11.9 Å². The van der Waals surface area contributed by atoms with Crippen molar-refractivity contribution in [3.8, 4) is 0 Å². The number of amides is 2. The van der Waals surface area contributed by atoms with Gasteiger partial charge in [-0.3, -0.25) is 14.4 Å². The molecule has 1 N–H and O–H groups in total. The van der Waals surface area contributed by atoms with Gasteiger partial charge in [0.2, 0.25) is 5.91 Å². The lowest BCUT2D eigenvalue weighted by atomic mass is 9.78. The van der Waals surface area contributed by atoms with Gasteiger partial charge in [0.05, 0.1) is 36.8 Å². The van der Waals surface area contributed by atoms with Crippen molar-refractivity contribution in [3.05, 3.63) is 48.6 Å². The highest BCUT2D eigenvalue weighted by Crippen LogP contribution is 2.53. The van der Waals surface area contributed by atoms with E-state index in [0.717, 1.165) is 11.9 Å². The molecule has 194 valence electrons. The zero-order valence-corrected chi connectivity index (χ0v) is 20.5. The van der Waals surface area contributed by atoms with Gasteiger partial charge in [0.15, 0.2) is 0 Å². The molecule has 6 rings (SSSR count). The van der Waals surface area contributed by atoms with Crippen LogP contribution in [0.15, 0.2) is 48.6 Å². The molecule has 37 heavy (non-hydrogen) atoms. The lowest BCUT2D eigenvalue weighted by Gasteiger charge is -2.37. The van der Waals surface area contributed by atoms with Crippen molar-refractivity contribution in [3.63, 3.8) is 0 Å². The fourth-order valence-corrected chi connectivity index (χ4v) is 6.11. The fraction of sp³-hybridized carbons (Fsp3) is 0.500. The molecule has 0 saturated carbocycles. The molecule has 2 fully saturated rings. The number of nitrogens with zero attached hydrogens (tertiary/aromatic N) is 5. The van der Waals surface area contributed by atoms with Crippen molar-refractivity contribution in [1.82, 2.24) is 24.8 Å². The molecule has 0 bridgehead atoms. The number of aliphatic hydroxyl groups excluding tert-OH is 1. The molecule has 1 aromatic heterocycles. The number of para-hydroxylation sites is 1. The number of hydrogen-bond acceptors (Lipinski definition) is 8. The first-order valence-corrected chi connectivity index (χ1v) is 12.6. The van der Waals surface area contributed by atoms with Crippen LogP contribution in [0.2, 0.25) is 0 Å². The molecule has 0 aliphatic carbocycles. The second-order valence-corrected chi connectivity index (χ2v) is 10.0. The van der Waals surface area contributed by atoms with E-state index >= 15 is 0 Å². The van der Waals surface area contributed by atoms with Crippen LogP contribution >= 0.6 is 0 Å². The molecule has 2 aromatic rings. The number of esters is 1. The number of benzene rings is 1. The average molecular weight is 508 g/mol. The van der Waals surface area contributed by atoms with E-state index in [2.05, 4.69) is 10.3 Å². The predicted molar refractivity (Wildman–Crippen MR) is 129 cm³/mol. The van der Waals surface area contributed by atoms with Gasteiger partial charge in [-0.05, 0) is 31.9 Å². The summed E-state index contributed by atoms with van der Waals surface area (Å²) in [4.78, 5) is 44.3. The number of ether oxygens (including phenoxy) is 2. The molecule has 0 radical (unpaired) electrons. The lowest BCUT2D eigenvalue weighted by molar-refractivity contribution is -0.156. The van der Waals surface area contributed by atoms with Gasteiger partial charge >= 0.3 is 5.97 Å². The number of likely N-dealkylation sites (tertiary alicyclic amines) is 1. The minimum atomic E-state index is -1.37. The number of carbonyl (C=O) groups excluding carboxylic acids is 3. The third-order valence-corrected chi connectivity index (χ3v) is 7.84.